The molecule has 0 heterocycles. The maximum absolute atomic E-state index is 11.6. The molecule has 8 nitrogen and oxygen atoms in total. The van der Waals surface area contributed by atoms with Crippen LogP contribution in [-0.4, -0.2) is 44.3 Å². The summed E-state index contributed by atoms with van der Waals surface area (Å²) in [6.07, 6.45) is 0.244. The molecule has 0 aromatic rings. The fourth-order valence-electron chi connectivity index (χ4n) is 4.47. The lowest BCUT2D eigenvalue weighted by molar-refractivity contribution is -0.158. The van der Waals surface area contributed by atoms with E-state index in [1.165, 1.54) is 27.7 Å². The van der Waals surface area contributed by atoms with Crippen LogP contribution in [0.15, 0.2) is 0 Å². The van der Waals surface area contributed by atoms with Gasteiger partial charge in [0.15, 0.2) is 0 Å². The van der Waals surface area contributed by atoms with Gasteiger partial charge in [0.25, 0.3) is 0 Å². The molecule has 4 unspecified atom stereocenters. The molecule has 8 heteroatoms. The molecule has 0 saturated heterocycles. The average molecular weight is 358 g/mol. The van der Waals surface area contributed by atoms with Crippen LogP contribution in [0.4, 0.5) is 0 Å². The molecule has 142 valence electrons. The van der Waals surface area contributed by atoms with Crippen molar-refractivity contribution in [2.75, 3.05) is 0 Å². The highest BCUT2D eigenvalue weighted by Gasteiger charge is 2.62. The van der Waals surface area contributed by atoms with Gasteiger partial charge in [-0.25, -0.2) is 0 Å². The SMILES string of the molecule is CC(C(=O)O)C1(C(C)C(=O)O)CCC(C(C)C(=O)O)(C(C)C(=O)O)C1. The van der Waals surface area contributed by atoms with E-state index in [0.717, 1.165) is 0 Å². The fraction of sp³-hybridized carbons (Fsp3) is 0.765. The molecule has 1 aliphatic rings. The first-order chi connectivity index (χ1) is 11.3. The smallest absolute Gasteiger partial charge is 0.306 e. The summed E-state index contributed by atoms with van der Waals surface area (Å²) in [6.45, 7) is 5.65. The van der Waals surface area contributed by atoms with Crippen LogP contribution in [0.2, 0.25) is 0 Å². The van der Waals surface area contributed by atoms with E-state index in [4.69, 9.17) is 0 Å². The first kappa shape index (κ1) is 20.9. The van der Waals surface area contributed by atoms with Gasteiger partial charge in [-0.3, -0.25) is 19.2 Å². The maximum atomic E-state index is 11.6. The van der Waals surface area contributed by atoms with E-state index in [1.54, 1.807) is 0 Å². The van der Waals surface area contributed by atoms with Gasteiger partial charge >= 0.3 is 23.9 Å². The number of aliphatic carboxylic acids is 4. The summed E-state index contributed by atoms with van der Waals surface area (Å²) in [7, 11) is 0. The third-order valence-electron chi connectivity index (χ3n) is 6.65. The van der Waals surface area contributed by atoms with Crippen molar-refractivity contribution >= 4 is 23.9 Å². The van der Waals surface area contributed by atoms with E-state index < -0.39 is 58.4 Å². The highest BCUT2D eigenvalue weighted by Crippen LogP contribution is 2.62. The van der Waals surface area contributed by atoms with Crippen molar-refractivity contribution in [3.63, 3.8) is 0 Å². The quantitative estimate of drug-likeness (QED) is 0.515. The molecule has 25 heavy (non-hydrogen) atoms. The third kappa shape index (κ3) is 3.34. The zero-order valence-corrected chi connectivity index (χ0v) is 14.9. The Bertz CT molecular complexity index is 491. The maximum Gasteiger partial charge on any atom is 0.306 e. The van der Waals surface area contributed by atoms with Gasteiger partial charge in [-0.2, -0.15) is 0 Å². The number of carboxylic acid groups (broad SMARTS) is 4. The van der Waals surface area contributed by atoms with Gasteiger partial charge in [0, 0.05) is 0 Å². The summed E-state index contributed by atoms with van der Waals surface area (Å²) in [4.78, 5) is 46.4. The largest absolute Gasteiger partial charge is 0.481 e. The van der Waals surface area contributed by atoms with Crippen molar-refractivity contribution in [1.82, 2.24) is 0 Å². The molecular formula is C17H26O8. The summed E-state index contributed by atoms with van der Waals surface area (Å²) in [5.41, 5.74) is -2.41. The molecular weight excluding hydrogens is 332 g/mol. The Balaban J connectivity index is 3.52. The Morgan fingerprint density at radius 1 is 0.600 bits per heavy atom. The molecule has 0 amide bonds. The van der Waals surface area contributed by atoms with Crippen molar-refractivity contribution < 1.29 is 39.6 Å². The molecule has 4 atom stereocenters. The van der Waals surface area contributed by atoms with Gasteiger partial charge < -0.3 is 20.4 Å². The van der Waals surface area contributed by atoms with Gasteiger partial charge in [-0.15, -0.1) is 0 Å². The van der Waals surface area contributed by atoms with E-state index >= 15 is 0 Å². The predicted molar refractivity (Wildman–Crippen MR) is 85.9 cm³/mol. The molecule has 4 N–H and O–H groups in total. The minimum Gasteiger partial charge on any atom is -0.481 e. The third-order valence-corrected chi connectivity index (χ3v) is 6.65. The second-order valence-corrected chi connectivity index (χ2v) is 7.38. The van der Waals surface area contributed by atoms with E-state index in [9.17, 15) is 39.6 Å². The van der Waals surface area contributed by atoms with E-state index in [2.05, 4.69) is 0 Å². The molecule has 0 bridgehead atoms. The van der Waals surface area contributed by atoms with Crippen LogP contribution in [0.3, 0.4) is 0 Å². The normalized spacial score (nSPS) is 30.9. The van der Waals surface area contributed by atoms with Gasteiger partial charge in [0.2, 0.25) is 0 Å². The first-order valence-electron chi connectivity index (χ1n) is 8.24. The summed E-state index contributed by atoms with van der Waals surface area (Å²) < 4.78 is 0. The van der Waals surface area contributed by atoms with Crippen LogP contribution in [0.25, 0.3) is 0 Å². The van der Waals surface area contributed by atoms with Gasteiger partial charge in [0.05, 0.1) is 23.7 Å². The minimum atomic E-state index is -1.20. The van der Waals surface area contributed by atoms with Crippen molar-refractivity contribution in [2.24, 2.45) is 34.5 Å². The van der Waals surface area contributed by atoms with Crippen molar-refractivity contribution in [3.05, 3.63) is 0 Å². The Kier molecular flexibility index (Phi) is 5.87. The van der Waals surface area contributed by atoms with Crippen molar-refractivity contribution in [3.8, 4) is 0 Å². The molecule has 0 aliphatic heterocycles. The number of carboxylic acids is 4. The number of hydrogen-bond acceptors (Lipinski definition) is 4. The number of rotatable bonds is 8. The summed E-state index contributed by atoms with van der Waals surface area (Å²) in [5.74, 6) is -8.84. The highest BCUT2D eigenvalue weighted by molar-refractivity contribution is 5.78. The average Bonchev–Trinajstić information content (AvgIpc) is 2.94. The molecule has 0 aromatic heterocycles. The molecule has 1 rings (SSSR count). The van der Waals surface area contributed by atoms with E-state index in [1.807, 2.05) is 0 Å². The lowest BCUT2D eigenvalue weighted by Crippen LogP contribution is -2.46. The summed E-state index contributed by atoms with van der Waals surface area (Å²) >= 11 is 0. The standard InChI is InChI=1S/C17H26O8/c1-8(12(18)19)16(9(2)13(20)21)5-6-17(7-16,10(3)14(22)23)11(4)15(24)25/h8-11H,5-7H2,1-4H3,(H,18,19)(H,20,21)(H,22,23)(H,24,25). The zero-order valence-electron chi connectivity index (χ0n) is 14.9. The second kappa shape index (κ2) is 7.01. The van der Waals surface area contributed by atoms with Crippen LogP contribution >= 0.6 is 0 Å². The van der Waals surface area contributed by atoms with E-state index in [0.29, 0.717) is 0 Å². The van der Waals surface area contributed by atoms with E-state index in [-0.39, 0.29) is 19.3 Å². The lowest BCUT2D eigenvalue weighted by Gasteiger charge is -2.42. The van der Waals surface area contributed by atoms with Crippen LogP contribution in [0.5, 0.6) is 0 Å². The predicted octanol–water partition coefficient (Wildman–Crippen LogP) is 2.03. The van der Waals surface area contributed by atoms with Gasteiger partial charge in [-0.1, -0.05) is 27.7 Å². The topological polar surface area (TPSA) is 149 Å². The zero-order chi connectivity index (χ0) is 19.7. The number of hydrogen-bond donors (Lipinski definition) is 4. The monoisotopic (exact) mass is 358 g/mol. The first-order valence-corrected chi connectivity index (χ1v) is 8.24. The highest BCUT2D eigenvalue weighted by atomic mass is 16.4. The Labute approximate surface area is 145 Å². The molecule has 1 fully saturated rings. The second-order valence-electron chi connectivity index (χ2n) is 7.38. The minimum absolute atomic E-state index is 0.0676. The van der Waals surface area contributed by atoms with Crippen LogP contribution in [0, 0.1) is 34.5 Å². The van der Waals surface area contributed by atoms with Crippen LogP contribution in [0.1, 0.15) is 47.0 Å². The lowest BCUT2D eigenvalue weighted by atomic mass is 9.60. The molecule has 0 spiro atoms. The summed E-state index contributed by atoms with van der Waals surface area (Å²) in [5, 5.41) is 37.9. The molecule has 1 aliphatic carbocycles. The molecule has 0 aromatic carbocycles. The molecule has 0 radical (unpaired) electrons. The van der Waals surface area contributed by atoms with Crippen molar-refractivity contribution in [1.29, 1.82) is 0 Å². The van der Waals surface area contributed by atoms with Gasteiger partial charge in [-0.05, 0) is 30.1 Å². The van der Waals surface area contributed by atoms with Crippen LogP contribution < -0.4 is 0 Å². The van der Waals surface area contributed by atoms with Gasteiger partial charge in [0.1, 0.15) is 0 Å². The summed E-state index contributed by atoms with van der Waals surface area (Å²) in [6, 6.07) is 0. The van der Waals surface area contributed by atoms with Crippen molar-refractivity contribution in [2.45, 2.75) is 47.0 Å². The Hall–Kier alpha value is -2.12. The Morgan fingerprint density at radius 3 is 0.960 bits per heavy atom. The Morgan fingerprint density at radius 2 is 0.800 bits per heavy atom. The van der Waals surface area contributed by atoms with Crippen LogP contribution in [-0.2, 0) is 19.2 Å². The molecule has 1 saturated carbocycles. The fourth-order valence-corrected chi connectivity index (χ4v) is 4.47. The number of carbonyl (C=O) groups is 4.